The van der Waals surface area contributed by atoms with E-state index in [1.165, 1.54) is 0 Å². The van der Waals surface area contributed by atoms with Gasteiger partial charge in [-0.3, -0.25) is 0 Å². The van der Waals surface area contributed by atoms with Gasteiger partial charge in [-0.2, -0.15) is 11.8 Å². The molecule has 0 radical (unpaired) electrons. The van der Waals surface area contributed by atoms with E-state index in [0.29, 0.717) is 12.2 Å². The lowest BCUT2D eigenvalue weighted by Crippen LogP contribution is -2.46. The molecule has 0 spiro atoms. The number of nitrogens with one attached hydrogen (secondary N) is 2. The van der Waals surface area contributed by atoms with Crippen LogP contribution in [-0.2, 0) is 6.54 Å². The van der Waals surface area contributed by atoms with E-state index in [1.54, 1.807) is 6.07 Å². The van der Waals surface area contributed by atoms with Gasteiger partial charge in [0.15, 0.2) is 5.96 Å². The lowest BCUT2D eigenvalue weighted by atomic mass is 10.1. The Morgan fingerprint density at radius 2 is 1.89 bits per heavy atom. The first-order valence-corrected chi connectivity index (χ1v) is 11.4. The fraction of sp³-hybridized carbons (Fsp3) is 0.667. The first kappa shape index (κ1) is 22.8. The molecule has 1 saturated heterocycles. The second-order valence-corrected chi connectivity index (χ2v) is 9.23. The fourth-order valence-electron chi connectivity index (χ4n) is 3.09. The van der Waals surface area contributed by atoms with Gasteiger partial charge in [-0.1, -0.05) is 13.0 Å². The zero-order valence-corrected chi connectivity index (χ0v) is 18.8. The van der Waals surface area contributed by atoms with Crippen LogP contribution in [0.25, 0.3) is 0 Å². The van der Waals surface area contributed by atoms with Crippen molar-refractivity contribution in [2.75, 3.05) is 57.0 Å². The third kappa shape index (κ3) is 6.85. The molecule has 1 aromatic carbocycles. The maximum absolute atomic E-state index is 14.7. The smallest absolute Gasteiger partial charge is 0.191 e. The molecule has 1 aliphatic heterocycles. The zero-order valence-electron chi connectivity index (χ0n) is 18.0. The van der Waals surface area contributed by atoms with Gasteiger partial charge >= 0.3 is 0 Å². The molecule has 2 rings (SSSR count). The predicted octanol–water partition coefficient (Wildman–Crippen LogP) is 3.16. The average molecular weight is 410 g/mol. The minimum atomic E-state index is -0.154. The van der Waals surface area contributed by atoms with Crippen LogP contribution in [0, 0.1) is 5.82 Å². The number of halogens is 1. The molecule has 1 fully saturated rings. The Morgan fingerprint density at radius 3 is 2.46 bits per heavy atom. The first-order chi connectivity index (χ1) is 13.4. The molecule has 2 N–H and O–H groups in total. The molecule has 0 atom stereocenters. The monoisotopic (exact) mass is 409 g/mol. The number of thioether (sulfide) groups is 1. The van der Waals surface area contributed by atoms with Crippen LogP contribution in [-0.4, -0.2) is 67.7 Å². The highest BCUT2D eigenvalue weighted by Gasteiger charge is 2.19. The molecule has 5 nitrogen and oxygen atoms in total. The van der Waals surface area contributed by atoms with Gasteiger partial charge in [0.25, 0.3) is 0 Å². The summed E-state index contributed by atoms with van der Waals surface area (Å²) in [4.78, 5) is 9.16. The quantitative estimate of drug-likeness (QED) is 0.510. The summed E-state index contributed by atoms with van der Waals surface area (Å²) < 4.78 is 14.8. The van der Waals surface area contributed by atoms with Crippen molar-refractivity contribution in [1.29, 1.82) is 0 Å². The normalized spacial score (nSPS) is 16.4. The predicted molar refractivity (Wildman–Crippen MR) is 121 cm³/mol. The molecule has 0 unspecified atom stereocenters. The van der Waals surface area contributed by atoms with Gasteiger partial charge in [0.2, 0.25) is 0 Å². The highest BCUT2D eigenvalue weighted by atomic mass is 32.2. The molecule has 0 aliphatic carbocycles. The second-order valence-electron chi connectivity index (χ2n) is 7.72. The Labute approximate surface area is 174 Å². The highest BCUT2D eigenvalue weighted by molar-refractivity contribution is 7.99. The number of piperazine rings is 1. The van der Waals surface area contributed by atoms with Gasteiger partial charge in [0, 0.05) is 44.0 Å². The second kappa shape index (κ2) is 10.9. The summed E-state index contributed by atoms with van der Waals surface area (Å²) in [5, 5.41) is 6.64. The van der Waals surface area contributed by atoms with E-state index in [1.807, 2.05) is 30.8 Å². The molecule has 0 saturated carbocycles. The van der Waals surface area contributed by atoms with Crippen molar-refractivity contribution >= 4 is 23.4 Å². The minimum Gasteiger partial charge on any atom is -0.367 e. The summed E-state index contributed by atoms with van der Waals surface area (Å²) in [6, 6.07) is 5.52. The van der Waals surface area contributed by atoms with Crippen molar-refractivity contribution in [1.82, 2.24) is 15.5 Å². The van der Waals surface area contributed by atoms with E-state index in [2.05, 4.69) is 52.5 Å². The third-order valence-corrected chi connectivity index (χ3v) is 6.42. The van der Waals surface area contributed by atoms with Crippen molar-refractivity contribution < 1.29 is 4.39 Å². The Kier molecular flexibility index (Phi) is 8.89. The van der Waals surface area contributed by atoms with Crippen molar-refractivity contribution in [2.45, 2.75) is 39.0 Å². The van der Waals surface area contributed by atoms with Crippen molar-refractivity contribution in [2.24, 2.45) is 4.99 Å². The van der Waals surface area contributed by atoms with Crippen molar-refractivity contribution in [3.05, 3.63) is 29.6 Å². The van der Waals surface area contributed by atoms with Crippen LogP contribution in [0.1, 0.15) is 33.3 Å². The van der Waals surface area contributed by atoms with Crippen LogP contribution in [0.2, 0.25) is 0 Å². The molecule has 1 heterocycles. The molecule has 0 bridgehead atoms. The van der Waals surface area contributed by atoms with Crippen LogP contribution >= 0.6 is 11.8 Å². The Morgan fingerprint density at radius 1 is 1.18 bits per heavy atom. The number of aliphatic imine (C=N–C) groups is 1. The van der Waals surface area contributed by atoms with E-state index >= 15 is 0 Å². The molecule has 0 amide bonds. The number of guanidine groups is 1. The summed E-state index contributed by atoms with van der Waals surface area (Å²) in [7, 11) is 0. The summed E-state index contributed by atoms with van der Waals surface area (Å²) in [5.74, 6) is 0.615. The molecule has 1 aliphatic rings. The Bertz CT molecular complexity index is 642. The summed E-state index contributed by atoms with van der Waals surface area (Å²) >= 11 is 1.82. The summed E-state index contributed by atoms with van der Waals surface area (Å²) in [5.41, 5.74) is 1.59. The largest absolute Gasteiger partial charge is 0.367 e. The number of benzene rings is 1. The van der Waals surface area contributed by atoms with Crippen molar-refractivity contribution in [3.8, 4) is 0 Å². The van der Waals surface area contributed by atoms with Gasteiger partial charge in [-0.25, -0.2) is 9.38 Å². The van der Waals surface area contributed by atoms with Crippen LogP contribution in [0.5, 0.6) is 0 Å². The lowest BCUT2D eigenvalue weighted by molar-refractivity contribution is 0.270. The Balaban J connectivity index is 1.99. The van der Waals surface area contributed by atoms with E-state index in [4.69, 9.17) is 0 Å². The standard InChI is InChI=1S/C21H36FN5S/c1-6-23-20(25-16-21(3,4)28-5)24-15-17-8-9-19(18(22)14-17)27-12-10-26(7-2)11-13-27/h8-9,14H,6-7,10-13,15-16H2,1-5H3,(H2,23,24,25). The number of rotatable bonds is 8. The van der Waals surface area contributed by atoms with Gasteiger partial charge in [-0.15, -0.1) is 0 Å². The Hall–Kier alpha value is -1.47. The van der Waals surface area contributed by atoms with Gasteiger partial charge < -0.3 is 20.4 Å². The molecule has 1 aromatic rings. The maximum atomic E-state index is 14.7. The zero-order chi connectivity index (χ0) is 20.6. The maximum Gasteiger partial charge on any atom is 0.191 e. The summed E-state index contributed by atoms with van der Waals surface area (Å²) in [6.45, 7) is 15.5. The first-order valence-electron chi connectivity index (χ1n) is 10.2. The number of anilines is 1. The molecule has 28 heavy (non-hydrogen) atoms. The average Bonchev–Trinajstić information content (AvgIpc) is 2.70. The van der Waals surface area contributed by atoms with Crippen LogP contribution in [0.4, 0.5) is 10.1 Å². The third-order valence-electron chi connectivity index (χ3n) is 5.17. The number of hydrogen-bond donors (Lipinski definition) is 2. The number of likely N-dealkylation sites (N-methyl/N-ethyl adjacent to an activating group) is 1. The summed E-state index contributed by atoms with van der Waals surface area (Å²) in [6.07, 6.45) is 2.11. The van der Waals surface area contributed by atoms with Gasteiger partial charge in [-0.05, 0) is 51.3 Å². The molecule has 158 valence electrons. The van der Waals surface area contributed by atoms with Crippen LogP contribution < -0.4 is 15.5 Å². The molecule has 0 aromatic heterocycles. The minimum absolute atomic E-state index is 0.131. The van der Waals surface area contributed by atoms with Crippen LogP contribution in [0.15, 0.2) is 23.2 Å². The molecular formula is C21H36FN5S. The van der Waals surface area contributed by atoms with E-state index in [9.17, 15) is 4.39 Å². The van der Waals surface area contributed by atoms with E-state index in [0.717, 1.165) is 57.3 Å². The van der Waals surface area contributed by atoms with Crippen molar-refractivity contribution in [3.63, 3.8) is 0 Å². The van der Waals surface area contributed by atoms with Gasteiger partial charge in [0.05, 0.1) is 12.2 Å². The van der Waals surface area contributed by atoms with E-state index < -0.39 is 0 Å². The fourth-order valence-corrected chi connectivity index (χ4v) is 3.31. The number of nitrogens with zero attached hydrogens (tertiary/aromatic N) is 3. The topological polar surface area (TPSA) is 42.9 Å². The van der Waals surface area contributed by atoms with Gasteiger partial charge in [0.1, 0.15) is 5.82 Å². The molecular weight excluding hydrogens is 373 g/mol. The number of hydrogen-bond acceptors (Lipinski definition) is 4. The highest BCUT2D eigenvalue weighted by Crippen LogP contribution is 2.22. The van der Waals surface area contributed by atoms with Crippen LogP contribution in [0.3, 0.4) is 0 Å². The van der Waals surface area contributed by atoms with E-state index in [-0.39, 0.29) is 10.6 Å². The molecule has 7 heteroatoms. The SMILES string of the molecule is CCNC(=NCc1ccc(N2CCN(CC)CC2)c(F)c1)NCC(C)(C)SC. The lowest BCUT2D eigenvalue weighted by Gasteiger charge is -2.35.